The Kier molecular flexibility index (Phi) is 11.1. The lowest BCUT2D eigenvalue weighted by Crippen LogP contribution is -2.41. The number of anilines is 1. The molecule has 0 saturated carbocycles. The first-order valence-corrected chi connectivity index (χ1v) is 16.0. The van der Waals surface area contributed by atoms with Crippen molar-refractivity contribution in [2.45, 2.75) is 63.7 Å². The average molecular weight is 742 g/mol. The van der Waals surface area contributed by atoms with E-state index in [2.05, 4.69) is 5.32 Å². The van der Waals surface area contributed by atoms with E-state index >= 15 is 0 Å². The fourth-order valence-electron chi connectivity index (χ4n) is 5.62. The summed E-state index contributed by atoms with van der Waals surface area (Å²) >= 11 is 0. The standard InChI is InChI=1S/C39H33F6NO7/c1-5-31(47)29-20-25(12-16-27(29)34(50)51)37(4,39(43,44)45)24-8-6-7-22(18-24)32(48)17-21-9-13-26(14-10-21)46-33(49)30-19-23(11-15-28(30)35(52)53)36(2,3)38(40,41)42/h6-16,18-20H,5,17H2,1-4H3,(H,46,49)(H,50,51)(H,52,53). The van der Waals surface area contributed by atoms with Crippen LogP contribution in [0.2, 0.25) is 0 Å². The lowest BCUT2D eigenvalue weighted by atomic mass is 9.74. The molecule has 1 atom stereocenters. The number of rotatable bonds is 12. The second-order valence-electron chi connectivity index (χ2n) is 13.0. The Morgan fingerprint density at radius 2 is 1.13 bits per heavy atom. The van der Waals surface area contributed by atoms with Crippen LogP contribution in [0.1, 0.15) is 108 Å². The number of hydrogen-bond acceptors (Lipinski definition) is 5. The maximum Gasteiger partial charge on any atom is 0.402 e. The van der Waals surface area contributed by atoms with Gasteiger partial charge in [-0.05, 0) is 85.5 Å². The van der Waals surface area contributed by atoms with Crippen molar-refractivity contribution in [3.63, 3.8) is 0 Å². The van der Waals surface area contributed by atoms with Crippen LogP contribution in [0.5, 0.6) is 0 Å². The molecule has 0 spiro atoms. The molecule has 0 radical (unpaired) electrons. The molecular formula is C39H33F6NO7. The number of carbonyl (C=O) groups is 5. The molecule has 4 rings (SSSR count). The largest absolute Gasteiger partial charge is 0.478 e. The molecule has 8 nitrogen and oxygen atoms in total. The average Bonchev–Trinajstić information content (AvgIpc) is 3.10. The molecule has 278 valence electrons. The lowest BCUT2D eigenvalue weighted by Gasteiger charge is -2.34. The van der Waals surface area contributed by atoms with Crippen LogP contribution in [-0.4, -0.2) is 52.0 Å². The number of nitrogens with one attached hydrogen (secondary N) is 1. The maximum atomic E-state index is 14.9. The van der Waals surface area contributed by atoms with Gasteiger partial charge in [-0.3, -0.25) is 14.4 Å². The normalized spacial score (nSPS) is 13.2. The van der Waals surface area contributed by atoms with Crippen LogP contribution in [0.4, 0.5) is 32.0 Å². The monoisotopic (exact) mass is 741 g/mol. The first-order valence-electron chi connectivity index (χ1n) is 16.0. The number of benzene rings is 4. The molecule has 1 amide bonds. The Hall–Kier alpha value is -5.79. The zero-order valence-corrected chi connectivity index (χ0v) is 28.7. The molecule has 1 unspecified atom stereocenters. The van der Waals surface area contributed by atoms with Crippen molar-refractivity contribution in [1.82, 2.24) is 0 Å². The summed E-state index contributed by atoms with van der Waals surface area (Å²) in [4.78, 5) is 62.4. The van der Waals surface area contributed by atoms with E-state index in [0.717, 1.165) is 63.2 Å². The van der Waals surface area contributed by atoms with Crippen molar-refractivity contribution < 1.29 is 60.5 Å². The molecular weight excluding hydrogens is 708 g/mol. The molecule has 0 saturated heterocycles. The Labute approximate surface area is 299 Å². The second-order valence-corrected chi connectivity index (χ2v) is 13.0. The molecule has 0 aliphatic rings. The third-order valence-electron chi connectivity index (χ3n) is 9.28. The smallest absolute Gasteiger partial charge is 0.402 e. The number of carbonyl (C=O) groups excluding carboxylic acids is 3. The van der Waals surface area contributed by atoms with Gasteiger partial charge in [0.1, 0.15) is 5.41 Å². The van der Waals surface area contributed by atoms with E-state index in [4.69, 9.17) is 0 Å². The van der Waals surface area contributed by atoms with Crippen molar-refractivity contribution in [3.05, 3.63) is 135 Å². The minimum atomic E-state index is -4.95. The van der Waals surface area contributed by atoms with E-state index in [1.807, 2.05) is 0 Å². The fourth-order valence-corrected chi connectivity index (χ4v) is 5.62. The third-order valence-corrected chi connectivity index (χ3v) is 9.28. The van der Waals surface area contributed by atoms with Gasteiger partial charge in [-0.15, -0.1) is 0 Å². The van der Waals surface area contributed by atoms with Crippen LogP contribution in [0, 0.1) is 0 Å². The fraction of sp³-hybridized carbons (Fsp3) is 0.256. The molecule has 14 heteroatoms. The van der Waals surface area contributed by atoms with Gasteiger partial charge >= 0.3 is 24.3 Å². The van der Waals surface area contributed by atoms with Crippen LogP contribution < -0.4 is 5.32 Å². The molecule has 0 aromatic heterocycles. The van der Waals surface area contributed by atoms with Crippen molar-refractivity contribution in [3.8, 4) is 0 Å². The summed E-state index contributed by atoms with van der Waals surface area (Å²) in [6, 6.07) is 16.0. The number of aromatic carboxylic acids is 2. The van der Waals surface area contributed by atoms with E-state index in [1.165, 1.54) is 49.4 Å². The number of alkyl halides is 6. The van der Waals surface area contributed by atoms with E-state index in [-0.39, 0.29) is 40.8 Å². The number of ketones is 2. The van der Waals surface area contributed by atoms with Crippen LogP contribution in [0.25, 0.3) is 0 Å². The summed E-state index contributed by atoms with van der Waals surface area (Å²) < 4.78 is 85.5. The quantitative estimate of drug-likeness (QED) is 0.0973. The van der Waals surface area contributed by atoms with E-state index in [1.54, 1.807) is 0 Å². The number of amides is 1. The number of carboxylic acids is 2. The van der Waals surface area contributed by atoms with E-state index < -0.39 is 74.8 Å². The predicted octanol–water partition coefficient (Wildman–Crippen LogP) is 9.06. The Balaban J connectivity index is 1.59. The molecule has 0 fully saturated rings. The summed E-state index contributed by atoms with van der Waals surface area (Å²) in [5, 5.41) is 21.5. The molecule has 4 aromatic rings. The first-order chi connectivity index (χ1) is 24.5. The zero-order valence-electron chi connectivity index (χ0n) is 28.7. The highest BCUT2D eigenvalue weighted by Crippen LogP contribution is 2.47. The molecule has 0 bridgehead atoms. The lowest BCUT2D eigenvalue weighted by molar-refractivity contribution is -0.180. The molecule has 0 aliphatic carbocycles. The predicted molar refractivity (Wildman–Crippen MR) is 182 cm³/mol. The van der Waals surface area contributed by atoms with Crippen LogP contribution in [0.15, 0.2) is 84.9 Å². The van der Waals surface area contributed by atoms with Gasteiger partial charge in [-0.25, -0.2) is 9.59 Å². The Morgan fingerprint density at radius 3 is 1.66 bits per heavy atom. The highest BCUT2D eigenvalue weighted by Gasteiger charge is 2.54. The topological polar surface area (TPSA) is 138 Å². The summed E-state index contributed by atoms with van der Waals surface area (Å²) in [6.45, 7) is 4.10. The SMILES string of the molecule is CCC(=O)c1cc(C(C)(c2cccc(C(=O)Cc3ccc(NC(=O)c4cc(C(C)(C)C(F)(F)F)ccc4C(=O)O)cc3)c2)C(F)(F)F)ccc1C(=O)O. The first kappa shape index (κ1) is 40.0. The number of Topliss-reactive ketones (excluding diaryl/α,β-unsaturated/α-hetero) is 2. The zero-order chi connectivity index (χ0) is 39.7. The van der Waals surface area contributed by atoms with Crippen LogP contribution in [0.3, 0.4) is 0 Å². The third kappa shape index (κ3) is 8.01. The molecule has 4 aromatic carbocycles. The van der Waals surface area contributed by atoms with Crippen molar-refractivity contribution >= 4 is 35.1 Å². The van der Waals surface area contributed by atoms with Crippen LogP contribution >= 0.6 is 0 Å². The van der Waals surface area contributed by atoms with Gasteiger partial charge in [0.25, 0.3) is 5.91 Å². The highest BCUT2D eigenvalue weighted by molar-refractivity contribution is 6.11. The Bertz CT molecular complexity index is 2100. The number of hydrogen-bond donors (Lipinski definition) is 3. The second kappa shape index (κ2) is 14.7. The minimum absolute atomic E-state index is 0.0785. The van der Waals surface area contributed by atoms with Gasteiger partial charge in [0, 0.05) is 29.7 Å². The number of carboxylic acid groups (broad SMARTS) is 2. The van der Waals surface area contributed by atoms with Crippen LogP contribution in [-0.2, 0) is 17.3 Å². The van der Waals surface area contributed by atoms with Gasteiger partial charge in [-0.1, -0.05) is 49.4 Å². The van der Waals surface area contributed by atoms with Gasteiger partial charge < -0.3 is 15.5 Å². The van der Waals surface area contributed by atoms with Crippen molar-refractivity contribution in [2.75, 3.05) is 5.32 Å². The summed E-state index contributed by atoms with van der Waals surface area (Å²) in [5.41, 5.74) is -7.67. The highest BCUT2D eigenvalue weighted by atomic mass is 19.4. The van der Waals surface area contributed by atoms with Gasteiger partial charge in [0.05, 0.1) is 22.1 Å². The Morgan fingerprint density at radius 1 is 0.604 bits per heavy atom. The summed E-state index contributed by atoms with van der Waals surface area (Å²) in [5.74, 6) is -5.25. The van der Waals surface area contributed by atoms with Gasteiger partial charge in [0.15, 0.2) is 11.6 Å². The molecule has 3 N–H and O–H groups in total. The summed E-state index contributed by atoms with van der Waals surface area (Å²) in [7, 11) is 0. The van der Waals surface area contributed by atoms with E-state index in [0.29, 0.717) is 5.56 Å². The van der Waals surface area contributed by atoms with Crippen molar-refractivity contribution in [2.24, 2.45) is 0 Å². The van der Waals surface area contributed by atoms with Crippen molar-refractivity contribution in [1.29, 1.82) is 0 Å². The van der Waals surface area contributed by atoms with Gasteiger partial charge in [-0.2, -0.15) is 26.3 Å². The molecule has 53 heavy (non-hydrogen) atoms. The summed E-state index contributed by atoms with van der Waals surface area (Å²) in [6.07, 6.45) is -10.1. The number of halogens is 6. The molecule has 0 aliphatic heterocycles. The molecule has 0 heterocycles. The van der Waals surface area contributed by atoms with Gasteiger partial charge in [0.2, 0.25) is 0 Å². The van der Waals surface area contributed by atoms with E-state index in [9.17, 15) is 60.5 Å². The minimum Gasteiger partial charge on any atom is -0.478 e. The maximum absolute atomic E-state index is 14.9.